The van der Waals surface area contributed by atoms with Gasteiger partial charge in [0.05, 0.1) is 11.2 Å². The molecule has 0 atom stereocenters. The fourth-order valence-corrected chi connectivity index (χ4v) is 2.63. The number of hydrogen-bond acceptors (Lipinski definition) is 5. The van der Waals surface area contributed by atoms with Gasteiger partial charge in [-0.3, -0.25) is 4.79 Å². The van der Waals surface area contributed by atoms with Crippen molar-refractivity contribution in [1.29, 1.82) is 0 Å². The van der Waals surface area contributed by atoms with Gasteiger partial charge in [0.25, 0.3) is 5.56 Å². The molecule has 0 spiro atoms. The number of rotatable bonds is 4. The van der Waals surface area contributed by atoms with Gasteiger partial charge in [-0.2, -0.15) is 0 Å². The lowest BCUT2D eigenvalue weighted by Crippen LogP contribution is -2.41. The zero-order valence-corrected chi connectivity index (χ0v) is 18.2. The lowest BCUT2D eigenvalue weighted by Gasteiger charge is -2.32. The molecule has 154 valence electrons. The van der Waals surface area contributed by atoms with E-state index in [1.807, 2.05) is 27.7 Å². The van der Waals surface area contributed by atoms with Crippen LogP contribution in [0.1, 0.15) is 54.0 Å². The summed E-state index contributed by atoms with van der Waals surface area (Å²) in [6, 6.07) is 1.54. The summed E-state index contributed by atoms with van der Waals surface area (Å²) in [7, 11) is -0.675. The number of nitrogens with one attached hydrogen (secondary N) is 2. The first-order chi connectivity index (χ1) is 12.7. The van der Waals surface area contributed by atoms with Gasteiger partial charge >= 0.3 is 13.2 Å². The standard InChI is InChI=1S/C19H28BClN2O5/c1-17(2,3)26-16(25)23-11-13(8-12-9-14(21)15(24)22-10-12)20-27-18(4,5)19(6,7)28-20/h8-10H,11H2,1-7H3,(H,22,24)(H,23,25). The largest absolute Gasteiger partial charge is 0.492 e. The predicted octanol–water partition coefficient (Wildman–Crippen LogP) is 3.57. The molecule has 9 heteroatoms. The van der Waals surface area contributed by atoms with E-state index in [1.165, 1.54) is 6.20 Å². The van der Waals surface area contributed by atoms with Crippen LogP contribution in [0.4, 0.5) is 4.79 Å². The van der Waals surface area contributed by atoms with Crippen molar-refractivity contribution in [2.45, 2.75) is 65.3 Å². The van der Waals surface area contributed by atoms with E-state index >= 15 is 0 Å². The molecule has 1 aliphatic rings. The summed E-state index contributed by atoms with van der Waals surface area (Å²) < 4.78 is 17.5. The van der Waals surface area contributed by atoms with Gasteiger partial charge in [-0.15, -0.1) is 0 Å². The molecule has 2 heterocycles. The maximum Gasteiger partial charge on any atom is 0.492 e. The third kappa shape index (κ3) is 5.62. The van der Waals surface area contributed by atoms with Gasteiger partial charge in [-0.25, -0.2) is 4.79 Å². The van der Waals surface area contributed by atoms with Gasteiger partial charge < -0.3 is 24.3 Å². The summed E-state index contributed by atoms with van der Waals surface area (Å²) in [5.74, 6) is 0. The van der Waals surface area contributed by atoms with E-state index in [0.717, 1.165) is 0 Å². The average molecular weight is 411 g/mol. The zero-order valence-electron chi connectivity index (χ0n) is 17.4. The second-order valence-corrected chi connectivity index (χ2v) is 9.18. The molecular formula is C19H28BClN2O5. The third-order valence-corrected chi connectivity index (χ3v) is 4.90. The van der Waals surface area contributed by atoms with Crippen LogP contribution in [0.2, 0.25) is 5.02 Å². The zero-order chi connectivity index (χ0) is 21.3. The second kappa shape index (κ2) is 7.93. The van der Waals surface area contributed by atoms with Crippen molar-refractivity contribution in [3.63, 3.8) is 0 Å². The summed E-state index contributed by atoms with van der Waals surface area (Å²) in [4.78, 5) is 26.1. The molecule has 28 heavy (non-hydrogen) atoms. The van der Waals surface area contributed by atoms with Crippen LogP contribution in [-0.4, -0.2) is 41.5 Å². The number of carbonyl (C=O) groups excluding carboxylic acids is 1. The molecular weight excluding hydrogens is 382 g/mol. The Labute approximate surface area is 170 Å². The van der Waals surface area contributed by atoms with Crippen LogP contribution < -0.4 is 10.9 Å². The molecule has 0 radical (unpaired) electrons. The number of halogens is 1. The molecule has 1 aliphatic heterocycles. The number of carbonyl (C=O) groups is 1. The Morgan fingerprint density at radius 1 is 1.29 bits per heavy atom. The summed E-state index contributed by atoms with van der Waals surface area (Å²) in [6.07, 6.45) is 2.75. The van der Waals surface area contributed by atoms with Crippen LogP contribution >= 0.6 is 11.6 Å². The van der Waals surface area contributed by atoms with Crippen molar-refractivity contribution in [3.05, 3.63) is 38.7 Å². The molecule has 2 N–H and O–H groups in total. The first-order valence-corrected chi connectivity index (χ1v) is 9.49. The number of ether oxygens (including phenoxy) is 1. The molecule has 0 unspecified atom stereocenters. The highest BCUT2D eigenvalue weighted by Crippen LogP contribution is 2.38. The number of amides is 1. The Balaban J connectivity index is 2.28. The Hall–Kier alpha value is -1.77. The molecule has 0 bridgehead atoms. The minimum absolute atomic E-state index is 0.0714. The number of H-pyrrole nitrogens is 1. The van der Waals surface area contributed by atoms with E-state index in [-0.39, 0.29) is 17.1 Å². The van der Waals surface area contributed by atoms with Crippen LogP contribution in [0, 0.1) is 0 Å². The van der Waals surface area contributed by atoms with Gasteiger partial charge in [0.1, 0.15) is 10.6 Å². The third-order valence-electron chi connectivity index (χ3n) is 4.62. The molecule has 7 nitrogen and oxygen atoms in total. The van der Waals surface area contributed by atoms with Gasteiger partial charge in [0.2, 0.25) is 0 Å². The van der Waals surface area contributed by atoms with E-state index < -0.39 is 30.0 Å². The van der Waals surface area contributed by atoms with Crippen LogP contribution in [0.25, 0.3) is 6.08 Å². The number of aromatic nitrogens is 1. The molecule has 1 aromatic heterocycles. The molecule has 2 rings (SSSR count). The van der Waals surface area contributed by atoms with E-state index in [0.29, 0.717) is 11.0 Å². The maximum atomic E-state index is 12.1. The quantitative estimate of drug-likeness (QED) is 0.741. The van der Waals surface area contributed by atoms with Crippen LogP contribution in [0.5, 0.6) is 0 Å². The monoisotopic (exact) mass is 410 g/mol. The Bertz CT molecular complexity index is 810. The number of alkyl carbamates (subject to hydrolysis) is 1. The van der Waals surface area contributed by atoms with E-state index in [4.69, 9.17) is 25.6 Å². The molecule has 1 fully saturated rings. The Morgan fingerprint density at radius 3 is 2.36 bits per heavy atom. The lowest BCUT2D eigenvalue weighted by atomic mass is 9.77. The fraction of sp³-hybridized carbons (Fsp3) is 0.579. The van der Waals surface area contributed by atoms with Crippen molar-refractivity contribution in [1.82, 2.24) is 10.3 Å². The molecule has 0 aromatic carbocycles. The topological polar surface area (TPSA) is 89.7 Å². The molecule has 1 aromatic rings. The molecule has 0 saturated carbocycles. The lowest BCUT2D eigenvalue weighted by molar-refractivity contribution is 0.00578. The number of pyridine rings is 1. The average Bonchev–Trinajstić information content (AvgIpc) is 2.73. The molecule has 1 saturated heterocycles. The van der Waals surface area contributed by atoms with Crippen LogP contribution in [0.3, 0.4) is 0 Å². The summed E-state index contributed by atoms with van der Waals surface area (Å²) >= 11 is 5.92. The smallest absolute Gasteiger partial charge is 0.444 e. The minimum atomic E-state index is -0.675. The van der Waals surface area contributed by atoms with Gasteiger partial charge in [0.15, 0.2) is 0 Å². The fourth-order valence-electron chi connectivity index (χ4n) is 2.45. The van der Waals surface area contributed by atoms with Crippen molar-refractivity contribution in [2.24, 2.45) is 0 Å². The maximum absolute atomic E-state index is 12.1. The normalized spacial score (nSPS) is 18.9. The highest BCUT2D eigenvalue weighted by atomic mass is 35.5. The summed E-state index contributed by atoms with van der Waals surface area (Å²) in [5, 5.41) is 2.79. The summed E-state index contributed by atoms with van der Waals surface area (Å²) in [6.45, 7) is 13.3. The Morgan fingerprint density at radius 2 is 1.86 bits per heavy atom. The van der Waals surface area contributed by atoms with Gasteiger partial charge in [0, 0.05) is 12.7 Å². The van der Waals surface area contributed by atoms with Crippen molar-refractivity contribution < 1.29 is 18.8 Å². The number of hydrogen-bond donors (Lipinski definition) is 2. The van der Waals surface area contributed by atoms with Crippen molar-refractivity contribution in [3.8, 4) is 0 Å². The SMILES string of the molecule is CC(C)(C)OC(=O)NCC(=Cc1c[nH]c(=O)c(Cl)c1)B1OC(C)(C)C(C)(C)O1. The highest BCUT2D eigenvalue weighted by molar-refractivity contribution is 6.56. The second-order valence-electron chi connectivity index (χ2n) is 8.77. The van der Waals surface area contributed by atoms with Crippen molar-refractivity contribution >= 4 is 30.9 Å². The Kier molecular flexibility index (Phi) is 6.38. The van der Waals surface area contributed by atoms with E-state index in [1.54, 1.807) is 32.9 Å². The minimum Gasteiger partial charge on any atom is -0.444 e. The highest BCUT2D eigenvalue weighted by Gasteiger charge is 2.52. The first kappa shape index (κ1) is 22.5. The van der Waals surface area contributed by atoms with Crippen LogP contribution in [-0.2, 0) is 14.0 Å². The van der Waals surface area contributed by atoms with Crippen LogP contribution in [0.15, 0.2) is 22.5 Å². The summed E-state index contributed by atoms with van der Waals surface area (Å²) in [5.41, 5.74) is -0.739. The first-order valence-electron chi connectivity index (χ1n) is 9.11. The van der Waals surface area contributed by atoms with E-state index in [9.17, 15) is 9.59 Å². The van der Waals surface area contributed by atoms with E-state index in [2.05, 4.69) is 10.3 Å². The number of aromatic amines is 1. The molecule has 1 amide bonds. The predicted molar refractivity (Wildman–Crippen MR) is 110 cm³/mol. The van der Waals surface area contributed by atoms with Gasteiger partial charge in [-0.05, 0) is 65.6 Å². The van der Waals surface area contributed by atoms with Crippen molar-refractivity contribution in [2.75, 3.05) is 6.54 Å². The van der Waals surface area contributed by atoms with Gasteiger partial charge in [-0.1, -0.05) is 17.7 Å². The molecule has 0 aliphatic carbocycles.